The van der Waals surface area contributed by atoms with Gasteiger partial charge in [-0.05, 0) is 31.0 Å². The van der Waals surface area contributed by atoms with Crippen LogP contribution in [0.4, 0.5) is 5.69 Å². The van der Waals surface area contributed by atoms with E-state index in [1.54, 1.807) is 12.4 Å². The van der Waals surface area contributed by atoms with Crippen LogP contribution in [-0.4, -0.2) is 20.4 Å². The summed E-state index contributed by atoms with van der Waals surface area (Å²) in [6, 6.07) is 8.40. The van der Waals surface area contributed by atoms with Gasteiger partial charge in [0.05, 0.1) is 11.1 Å². The molecule has 0 saturated carbocycles. The Morgan fingerprint density at radius 2 is 2.16 bits per heavy atom. The number of aromatic amines is 1. The molecule has 0 spiro atoms. The molecule has 1 amide bonds. The number of amides is 1. The van der Waals surface area contributed by atoms with Crippen LogP contribution in [-0.2, 0) is 12.8 Å². The normalized spacial score (nSPS) is 15.5. The number of anilines is 1. The van der Waals surface area contributed by atoms with Gasteiger partial charge in [0.1, 0.15) is 5.82 Å². The Morgan fingerprint density at radius 1 is 1.36 bits per heavy atom. The Kier molecular flexibility index (Phi) is 3.92. The summed E-state index contributed by atoms with van der Waals surface area (Å²) in [4.78, 5) is 20.5. The van der Waals surface area contributed by atoms with Gasteiger partial charge in [-0.1, -0.05) is 25.5 Å². The predicted molar refractivity (Wildman–Crippen MR) is 98.8 cm³/mol. The predicted octanol–water partition coefficient (Wildman–Crippen LogP) is 4.20. The molecule has 1 aliphatic heterocycles. The van der Waals surface area contributed by atoms with E-state index < -0.39 is 0 Å². The molecular weight excluding hydrogens is 312 g/mol. The molecule has 0 aliphatic carbocycles. The standard InChI is InChI=1S/C20H22N4O/c1-3-4-14-5-7-15(8-6-14)23-20(25)16-12-22-17-11-13(2)24-10-9-21-19(24)18(16)17/h5-10,12-13,22H,3-4,11H2,1-2H3,(H,23,25)/t13-/m1/s1. The van der Waals surface area contributed by atoms with Crippen molar-refractivity contribution in [2.45, 2.75) is 39.2 Å². The van der Waals surface area contributed by atoms with E-state index in [9.17, 15) is 4.79 Å². The number of hydrogen-bond donors (Lipinski definition) is 2. The molecule has 4 rings (SSSR count). The summed E-state index contributed by atoms with van der Waals surface area (Å²) in [5.74, 6) is 0.753. The van der Waals surface area contributed by atoms with E-state index in [0.717, 1.165) is 42.0 Å². The van der Waals surface area contributed by atoms with Gasteiger partial charge >= 0.3 is 0 Å². The van der Waals surface area contributed by atoms with Gasteiger partial charge in [0.15, 0.2) is 0 Å². The van der Waals surface area contributed by atoms with E-state index in [2.05, 4.69) is 45.8 Å². The van der Waals surface area contributed by atoms with Crippen LogP contribution in [0.25, 0.3) is 11.4 Å². The average molecular weight is 334 g/mol. The first-order valence-corrected chi connectivity index (χ1v) is 8.81. The van der Waals surface area contributed by atoms with Crippen LogP contribution in [0.2, 0.25) is 0 Å². The molecule has 0 fully saturated rings. The maximum Gasteiger partial charge on any atom is 0.257 e. The second-order valence-corrected chi connectivity index (χ2v) is 6.67. The zero-order valence-electron chi connectivity index (χ0n) is 14.5. The van der Waals surface area contributed by atoms with Crippen LogP contribution in [0, 0.1) is 0 Å². The zero-order valence-corrected chi connectivity index (χ0v) is 14.5. The number of nitrogens with one attached hydrogen (secondary N) is 2. The van der Waals surface area contributed by atoms with Crippen molar-refractivity contribution in [2.24, 2.45) is 0 Å². The molecule has 1 aromatic carbocycles. The Bertz CT molecular complexity index is 904. The molecule has 3 heterocycles. The minimum Gasteiger partial charge on any atom is -0.364 e. The monoisotopic (exact) mass is 334 g/mol. The molecule has 128 valence electrons. The molecule has 0 radical (unpaired) electrons. The van der Waals surface area contributed by atoms with E-state index in [-0.39, 0.29) is 5.91 Å². The smallest absolute Gasteiger partial charge is 0.257 e. The van der Waals surface area contributed by atoms with E-state index in [4.69, 9.17) is 0 Å². The lowest BCUT2D eigenvalue weighted by molar-refractivity contribution is 0.102. The van der Waals surface area contributed by atoms with E-state index >= 15 is 0 Å². The highest BCUT2D eigenvalue weighted by Crippen LogP contribution is 2.35. The first-order valence-electron chi connectivity index (χ1n) is 8.81. The Labute approximate surface area is 147 Å². The van der Waals surface area contributed by atoms with Crippen LogP contribution in [0.3, 0.4) is 0 Å². The number of carbonyl (C=O) groups is 1. The van der Waals surface area contributed by atoms with Crippen LogP contribution < -0.4 is 5.32 Å². The second-order valence-electron chi connectivity index (χ2n) is 6.67. The third kappa shape index (κ3) is 2.76. The fourth-order valence-corrected chi connectivity index (χ4v) is 3.56. The van der Waals surface area contributed by atoms with Crippen molar-refractivity contribution in [3.8, 4) is 11.4 Å². The van der Waals surface area contributed by atoms with Crippen LogP contribution in [0.5, 0.6) is 0 Å². The lowest BCUT2D eigenvalue weighted by Crippen LogP contribution is -2.18. The van der Waals surface area contributed by atoms with Crippen LogP contribution in [0.1, 0.15) is 47.9 Å². The number of nitrogens with zero attached hydrogens (tertiary/aromatic N) is 2. The molecule has 1 aliphatic rings. The van der Waals surface area contributed by atoms with Gasteiger partial charge in [0.2, 0.25) is 0 Å². The Morgan fingerprint density at radius 3 is 2.92 bits per heavy atom. The highest BCUT2D eigenvalue weighted by molar-refractivity contribution is 6.08. The summed E-state index contributed by atoms with van der Waals surface area (Å²) in [6.45, 7) is 4.32. The number of H-pyrrole nitrogens is 1. The summed E-state index contributed by atoms with van der Waals surface area (Å²) >= 11 is 0. The largest absolute Gasteiger partial charge is 0.364 e. The van der Waals surface area contributed by atoms with Crippen molar-refractivity contribution in [1.82, 2.24) is 14.5 Å². The fraction of sp³-hybridized carbons (Fsp3) is 0.300. The van der Waals surface area contributed by atoms with Gasteiger partial charge in [-0.2, -0.15) is 0 Å². The molecule has 5 heteroatoms. The third-order valence-corrected chi connectivity index (χ3v) is 4.82. The molecule has 5 nitrogen and oxygen atoms in total. The maximum absolute atomic E-state index is 12.8. The number of hydrogen-bond acceptors (Lipinski definition) is 2. The van der Waals surface area contributed by atoms with Gasteiger partial charge < -0.3 is 14.9 Å². The van der Waals surface area contributed by atoms with Crippen molar-refractivity contribution >= 4 is 11.6 Å². The molecule has 3 aromatic rings. The summed E-state index contributed by atoms with van der Waals surface area (Å²) in [7, 11) is 0. The van der Waals surface area contributed by atoms with Gasteiger partial charge in [0.25, 0.3) is 5.91 Å². The van der Waals surface area contributed by atoms with Gasteiger partial charge in [-0.3, -0.25) is 4.79 Å². The molecule has 25 heavy (non-hydrogen) atoms. The molecular formula is C20H22N4O. The summed E-state index contributed by atoms with van der Waals surface area (Å²) < 4.78 is 2.13. The number of aromatic nitrogens is 3. The van der Waals surface area contributed by atoms with Gasteiger partial charge in [-0.15, -0.1) is 0 Å². The van der Waals surface area contributed by atoms with Gasteiger partial charge in [0, 0.05) is 42.4 Å². The highest BCUT2D eigenvalue weighted by Gasteiger charge is 2.28. The summed E-state index contributed by atoms with van der Waals surface area (Å²) in [5, 5.41) is 3.00. The zero-order chi connectivity index (χ0) is 17.4. The summed E-state index contributed by atoms with van der Waals surface area (Å²) in [6.07, 6.45) is 8.61. The molecule has 2 aromatic heterocycles. The first kappa shape index (κ1) is 15.7. The van der Waals surface area contributed by atoms with E-state index in [0.29, 0.717) is 11.6 Å². The highest BCUT2D eigenvalue weighted by atomic mass is 16.1. The van der Waals surface area contributed by atoms with E-state index in [1.807, 2.05) is 18.3 Å². The summed E-state index contributed by atoms with van der Waals surface area (Å²) in [5.41, 5.74) is 4.74. The first-order chi connectivity index (χ1) is 12.2. The van der Waals surface area contributed by atoms with Crippen molar-refractivity contribution in [3.05, 3.63) is 59.7 Å². The third-order valence-electron chi connectivity index (χ3n) is 4.82. The lowest BCUT2D eigenvalue weighted by Gasteiger charge is -2.22. The second kappa shape index (κ2) is 6.24. The minimum absolute atomic E-state index is 0.107. The van der Waals surface area contributed by atoms with Crippen molar-refractivity contribution < 1.29 is 4.79 Å². The van der Waals surface area contributed by atoms with Crippen molar-refractivity contribution in [1.29, 1.82) is 0 Å². The topological polar surface area (TPSA) is 62.7 Å². The number of aryl methyl sites for hydroxylation is 1. The van der Waals surface area contributed by atoms with Crippen molar-refractivity contribution in [2.75, 3.05) is 5.32 Å². The van der Waals surface area contributed by atoms with Crippen LogP contribution in [0.15, 0.2) is 42.9 Å². The Balaban J connectivity index is 1.61. The number of fused-ring (bicyclic) bond motifs is 3. The van der Waals surface area contributed by atoms with E-state index in [1.165, 1.54) is 5.56 Å². The fourth-order valence-electron chi connectivity index (χ4n) is 3.56. The molecule has 2 N–H and O–H groups in total. The molecule has 0 saturated heterocycles. The SMILES string of the molecule is CCCc1ccc(NC(=O)c2c[nH]c3c2-c2nccn2[C@H](C)C3)cc1. The number of carbonyl (C=O) groups excluding carboxylic acids is 1. The quantitative estimate of drug-likeness (QED) is 0.751. The maximum atomic E-state index is 12.8. The number of imidazole rings is 1. The Hall–Kier alpha value is -2.82. The average Bonchev–Trinajstić information content (AvgIpc) is 3.23. The van der Waals surface area contributed by atoms with Crippen molar-refractivity contribution in [3.63, 3.8) is 0 Å². The molecule has 0 bridgehead atoms. The number of rotatable bonds is 4. The minimum atomic E-state index is -0.107. The lowest BCUT2D eigenvalue weighted by atomic mass is 10.0. The molecule has 1 atom stereocenters. The molecule has 0 unspecified atom stereocenters. The van der Waals surface area contributed by atoms with Crippen LogP contribution >= 0.6 is 0 Å². The van der Waals surface area contributed by atoms with Gasteiger partial charge in [-0.25, -0.2) is 4.98 Å². The number of benzene rings is 1.